The minimum absolute atomic E-state index is 0.0792. The van der Waals surface area contributed by atoms with Crippen LogP contribution < -0.4 is 5.32 Å². The van der Waals surface area contributed by atoms with Gasteiger partial charge in [0.2, 0.25) is 5.13 Å². The van der Waals surface area contributed by atoms with Crippen molar-refractivity contribution in [1.82, 2.24) is 15.1 Å². The molecule has 0 fully saturated rings. The van der Waals surface area contributed by atoms with Gasteiger partial charge in [-0.2, -0.15) is 0 Å². The second-order valence-corrected chi connectivity index (χ2v) is 5.86. The quantitative estimate of drug-likeness (QED) is 0.262. The number of allylic oxidation sites excluding steroid dienone is 2. The van der Waals surface area contributed by atoms with Gasteiger partial charge in [-0.05, 0) is 26.0 Å². The lowest BCUT2D eigenvalue weighted by molar-refractivity contribution is -0.108. The van der Waals surface area contributed by atoms with Crippen molar-refractivity contribution in [2.75, 3.05) is 24.7 Å². The molecule has 6 nitrogen and oxygen atoms in total. The molecule has 1 aromatic heterocycles. The van der Waals surface area contributed by atoms with E-state index in [9.17, 15) is 9.59 Å². The highest BCUT2D eigenvalue weighted by atomic mass is 32.2. The fourth-order valence-corrected chi connectivity index (χ4v) is 2.61. The van der Waals surface area contributed by atoms with E-state index >= 15 is 0 Å². The standard InChI is InChI=1S/C12H18N4O2S2/c1-3-4-5-6-7-16(8-9-17)11(18)13-10-14-15-12(19-2)20-10/h3-4,9H,5-8H2,1-2H3,(H,13,14,18)/b4-3+. The number of unbranched alkanes of at least 4 members (excludes halogenated alkanes) is 1. The first-order chi connectivity index (χ1) is 9.71. The fourth-order valence-electron chi connectivity index (χ4n) is 1.45. The van der Waals surface area contributed by atoms with Crippen molar-refractivity contribution in [3.63, 3.8) is 0 Å². The van der Waals surface area contributed by atoms with Crippen LogP contribution >= 0.6 is 23.1 Å². The summed E-state index contributed by atoms with van der Waals surface area (Å²) < 4.78 is 0.787. The molecule has 0 saturated carbocycles. The first kappa shape index (κ1) is 16.6. The van der Waals surface area contributed by atoms with Crippen molar-refractivity contribution in [3.05, 3.63) is 12.2 Å². The topological polar surface area (TPSA) is 75.2 Å². The molecule has 0 aliphatic heterocycles. The van der Waals surface area contributed by atoms with Gasteiger partial charge in [-0.25, -0.2) is 4.79 Å². The molecule has 110 valence electrons. The summed E-state index contributed by atoms with van der Waals surface area (Å²) in [6.07, 6.45) is 8.32. The van der Waals surface area contributed by atoms with Crippen molar-refractivity contribution >= 4 is 40.5 Å². The first-order valence-electron chi connectivity index (χ1n) is 6.19. The fraction of sp³-hybridized carbons (Fsp3) is 0.500. The van der Waals surface area contributed by atoms with E-state index in [1.165, 1.54) is 28.0 Å². The Morgan fingerprint density at radius 2 is 2.30 bits per heavy atom. The number of hydrogen-bond acceptors (Lipinski definition) is 6. The van der Waals surface area contributed by atoms with E-state index in [-0.39, 0.29) is 12.6 Å². The Morgan fingerprint density at radius 3 is 2.90 bits per heavy atom. The molecule has 1 aromatic rings. The lowest BCUT2D eigenvalue weighted by Crippen LogP contribution is -2.37. The molecule has 20 heavy (non-hydrogen) atoms. The van der Waals surface area contributed by atoms with Gasteiger partial charge in [0.25, 0.3) is 0 Å². The summed E-state index contributed by atoms with van der Waals surface area (Å²) in [7, 11) is 0. The van der Waals surface area contributed by atoms with Crippen LogP contribution in [0.3, 0.4) is 0 Å². The summed E-state index contributed by atoms with van der Waals surface area (Å²) in [5.74, 6) is 0. The number of anilines is 1. The number of carbonyl (C=O) groups is 2. The van der Waals surface area contributed by atoms with Gasteiger partial charge in [-0.15, -0.1) is 10.2 Å². The Labute approximate surface area is 126 Å². The summed E-state index contributed by atoms with van der Waals surface area (Å²) in [4.78, 5) is 24.1. The summed E-state index contributed by atoms with van der Waals surface area (Å²) in [5, 5.41) is 10.9. The highest BCUT2D eigenvalue weighted by Gasteiger charge is 2.14. The van der Waals surface area contributed by atoms with Crippen LogP contribution in [0.2, 0.25) is 0 Å². The predicted molar refractivity (Wildman–Crippen MR) is 82.4 cm³/mol. The number of amides is 2. The van der Waals surface area contributed by atoms with Crippen LogP contribution in [0.1, 0.15) is 19.8 Å². The molecule has 0 bridgehead atoms. The Balaban J connectivity index is 2.51. The van der Waals surface area contributed by atoms with Gasteiger partial charge in [0.1, 0.15) is 6.29 Å². The molecule has 0 radical (unpaired) electrons. The van der Waals surface area contributed by atoms with Gasteiger partial charge in [-0.3, -0.25) is 5.32 Å². The Kier molecular flexibility index (Phi) is 7.89. The maximum atomic E-state index is 12.0. The SMILES string of the molecule is C/C=C/CCCN(CC=O)C(=O)Nc1nnc(SC)s1. The van der Waals surface area contributed by atoms with E-state index in [0.29, 0.717) is 11.7 Å². The molecule has 1 N–H and O–H groups in total. The average molecular weight is 314 g/mol. The van der Waals surface area contributed by atoms with Crippen LogP contribution in [0.15, 0.2) is 16.5 Å². The Morgan fingerprint density at radius 1 is 1.50 bits per heavy atom. The first-order valence-corrected chi connectivity index (χ1v) is 8.23. The number of carbonyl (C=O) groups excluding carboxylic acids is 2. The molecule has 0 saturated heterocycles. The average Bonchev–Trinajstić information content (AvgIpc) is 2.89. The molecule has 0 spiro atoms. The van der Waals surface area contributed by atoms with Crippen molar-refractivity contribution < 1.29 is 9.59 Å². The maximum Gasteiger partial charge on any atom is 0.324 e. The third kappa shape index (κ3) is 5.70. The molecular formula is C12H18N4O2S2. The van der Waals surface area contributed by atoms with Crippen LogP contribution in [0.25, 0.3) is 0 Å². The zero-order valence-corrected chi connectivity index (χ0v) is 13.2. The van der Waals surface area contributed by atoms with E-state index in [2.05, 4.69) is 15.5 Å². The van der Waals surface area contributed by atoms with Crippen molar-refractivity contribution in [2.45, 2.75) is 24.1 Å². The zero-order valence-electron chi connectivity index (χ0n) is 11.5. The molecule has 1 rings (SSSR count). The summed E-state index contributed by atoms with van der Waals surface area (Å²) in [6.45, 7) is 2.56. The third-order valence-electron chi connectivity index (χ3n) is 2.41. The van der Waals surface area contributed by atoms with Crippen molar-refractivity contribution in [2.24, 2.45) is 0 Å². The summed E-state index contributed by atoms with van der Waals surface area (Å²) in [6, 6.07) is -0.318. The van der Waals surface area contributed by atoms with Gasteiger partial charge in [0.05, 0.1) is 6.54 Å². The zero-order chi connectivity index (χ0) is 14.8. The Hall–Kier alpha value is -1.41. The molecule has 0 aliphatic rings. The van der Waals surface area contributed by atoms with Gasteiger partial charge < -0.3 is 9.69 Å². The summed E-state index contributed by atoms with van der Waals surface area (Å²) in [5.41, 5.74) is 0. The number of thioether (sulfide) groups is 1. The number of urea groups is 1. The molecule has 0 aliphatic carbocycles. The number of nitrogens with one attached hydrogen (secondary N) is 1. The monoisotopic (exact) mass is 314 g/mol. The number of hydrogen-bond donors (Lipinski definition) is 1. The van der Waals surface area contributed by atoms with E-state index in [4.69, 9.17) is 0 Å². The van der Waals surface area contributed by atoms with Crippen molar-refractivity contribution in [1.29, 1.82) is 0 Å². The predicted octanol–water partition coefficient (Wildman–Crippen LogP) is 2.65. The molecule has 0 aromatic carbocycles. The highest BCUT2D eigenvalue weighted by molar-refractivity contribution is 8.00. The summed E-state index contributed by atoms with van der Waals surface area (Å²) >= 11 is 2.78. The Bertz CT molecular complexity index is 462. The molecule has 0 unspecified atom stereocenters. The van der Waals surface area contributed by atoms with Crippen LogP contribution in [0, 0.1) is 0 Å². The smallest absolute Gasteiger partial charge is 0.317 e. The van der Waals surface area contributed by atoms with Crippen LogP contribution in [0.4, 0.5) is 9.93 Å². The third-order valence-corrected chi connectivity index (χ3v) is 4.23. The minimum atomic E-state index is -0.318. The van der Waals surface area contributed by atoms with Crippen molar-refractivity contribution in [3.8, 4) is 0 Å². The van der Waals surface area contributed by atoms with Crippen LogP contribution in [-0.2, 0) is 4.79 Å². The number of nitrogens with zero attached hydrogens (tertiary/aromatic N) is 3. The van der Waals surface area contributed by atoms with Gasteiger partial charge in [-0.1, -0.05) is 35.3 Å². The second kappa shape index (κ2) is 9.49. The molecule has 2 amide bonds. The van der Waals surface area contributed by atoms with E-state index in [1.54, 1.807) is 0 Å². The number of rotatable bonds is 8. The number of aromatic nitrogens is 2. The molecular weight excluding hydrogens is 296 g/mol. The maximum absolute atomic E-state index is 12.0. The molecule has 8 heteroatoms. The number of aldehydes is 1. The minimum Gasteiger partial charge on any atom is -0.317 e. The van der Waals surface area contributed by atoms with E-state index in [0.717, 1.165) is 23.5 Å². The lowest BCUT2D eigenvalue weighted by Gasteiger charge is -2.19. The highest BCUT2D eigenvalue weighted by Crippen LogP contribution is 2.23. The molecule has 0 atom stereocenters. The van der Waals surface area contributed by atoms with Gasteiger partial charge in [0, 0.05) is 6.54 Å². The largest absolute Gasteiger partial charge is 0.324 e. The molecule has 1 heterocycles. The second-order valence-electron chi connectivity index (χ2n) is 3.83. The van der Waals surface area contributed by atoms with Gasteiger partial charge >= 0.3 is 6.03 Å². The lowest BCUT2D eigenvalue weighted by atomic mass is 10.3. The normalized spacial score (nSPS) is 10.7. The van der Waals surface area contributed by atoms with Crippen LogP contribution in [-0.4, -0.2) is 46.8 Å². The van der Waals surface area contributed by atoms with E-state index < -0.39 is 0 Å². The van der Waals surface area contributed by atoms with Crippen LogP contribution in [0.5, 0.6) is 0 Å². The van der Waals surface area contributed by atoms with Gasteiger partial charge in [0.15, 0.2) is 4.34 Å². The van der Waals surface area contributed by atoms with E-state index in [1.807, 2.05) is 25.3 Å².